The van der Waals surface area contributed by atoms with E-state index in [0.717, 1.165) is 13.1 Å². The Balaban J connectivity index is 1.82. The first-order valence-corrected chi connectivity index (χ1v) is 8.01. The van der Waals surface area contributed by atoms with Crippen LogP contribution in [0.25, 0.3) is 0 Å². The van der Waals surface area contributed by atoms with Crippen LogP contribution in [0.4, 0.5) is 0 Å². The summed E-state index contributed by atoms with van der Waals surface area (Å²) in [6.45, 7) is 5.81. The molecule has 4 nitrogen and oxygen atoms in total. The zero-order valence-corrected chi connectivity index (χ0v) is 12.1. The van der Waals surface area contributed by atoms with Crippen molar-refractivity contribution in [3.05, 3.63) is 29.3 Å². The van der Waals surface area contributed by atoms with Gasteiger partial charge in [-0.2, -0.15) is 0 Å². The van der Waals surface area contributed by atoms with Gasteiger partial charge in [-0.1, -0.05) is 11.6 Å². The van der Waals surface area contributed by atoms with E-state index in [1.54, 1.807) is 24.3 Å². The molecule has 0 N–H and O–H groups in total. The lowest BCUT2D eigenvalue weighted by Crippen LogP contribution is -2.13. The number of hydrogen-bond acceptors (Lipinski definition) is 2. The Labute approximate surface area is 112 Å². The summed E-state index contributed by atoms with van der Waals surface area (Å²) in [6, 6.07) is 7.71. The van der Waals surface area contributed by atoms with E-state index in [-0.39, 0.29) is 0 Å². The van der Waals surface area contributed by atoms with Crippen molar-refractivity contribution in [1.29, 1.82) is 0 Å². The van der Waals surface area contributed by atoms with Gasteiger partial charge in [0.2, 0.25) is 0 Å². The monoisotopic (exact) mass is 286 g/mol. The first-order chi connectivity index (χ1) is 8.50. The zero-order valence-electron chi connectivity index (χ0n) is 10.4. The van der Waals surface area contributed by atoms with Gasteiger partial charge in [-0.3, -0.25) is 0 Å². The molecule has 2 unspecified atom stereocenters. The lowest BCUT2D eigenvalue weighted by molar-refractivity contribution is 0.400. The maximum absolute atomic E-state index is 13.0. The second-order valence-electron chi connectivity index (χ2n) is 4.98. The number of hydrogen-bond donors (Lipinski definition) is 0. The Hall–Kier alpha value is -0.540. The van der Waals surface area contributed by atoms with Crippen LogP contribution in [0.1, 0.15) is 13.8 Å². The van der Waals surface area contributed by atoms with Crippen molar-refractivity contribution >= 4 is 19.3 Å². The average Bonchev–Trinajstić information content (AvgIpc) is 3.21. The first-order valence-electron chi connectivity index (χ1n) is 6.10. The van der Waals surface area contributed by atoms with E-state index < -0.39 is 7.67 Å². The van der Waals surface area contributed by atoms with E-state index in [9.17, 15) is 4.57 Å². The second kappa shape index (κ2) is 4.24. The largest absolute Gasteiger partial charge is 0.422 e. The van der Waals surface area contributed by atoms with Crippen LogP contribution in [0.2, 0.25) is 5.02 Å². The minimum absolute atomic E-state index is 0.343. The van der Waals surface area contributed by atoms with Crippen LogP contribution in [0, 0.1) is 0 Å². The molecular formula is C12H16ClN2O2P. The second-order valence-corrected chi connectivity index (χ2v) is 7.61. The molecule has 0 aliphatic carbocycles. The highest BCUT2D eigenvalue weighted by Crippen LogP contribution is 2.64. The molecule has 6 heteroatoms. The summed E-state index contributed by atoms with van der Waals surface area (Å²) in [6.07, 6.45) is 0. The van der Waals surface area contributed by atoms with Crippen LogP contribution in [0.3, 0.4) is 0 Å². The SMILES string of the molecule is C[C@H]1CN1P(=O)(Oc1ccc(Cl)cc1)N1C[C@@H]1C. The number of rotatable bonds is 4. The summed E-state index contributed by atoms with van der Waals surface area (Å²) >= 11 is 5.83. The van der Waals surface area contributed by atoms with Gasteiger partial charge in [0.1, 0.15) is 5.75 Å². The predicted molar refractivity (Wildman–Crippen MR) is 72.0 cm³/mol. The number of benzene rings is 1. The molecule has 98 valence electrons. The molecule has 1 aromatic rings. The van der Waals surface area contributed by atoms with Gasteiger partial charge in [0.25, 0.3) is 0 Å². The Bertz CT molecular complexity index is 487. The van der Waals surface area contributed by atoms with Crippen LogP contribution in [0.5, 0.6) is 5.75 Å². The number of nitrogens with zero attached hydrogens (tertiary/aromatic N) is 2. The smallest absolute Gasteiger partial charge is 0.396 e. The molecule has 2 aliphatic heterocycles. The van der Waals surface area contributed by atoms with Gasteiger partial charge in [0.15, 0.2) is 0 Å². The van der Waals surface area contributed by atoms with E-state index in [1.165, 1.54) is 0 Å². The third-order valence-corrected chi connectivity index (χ3v) is 6.45. The fraction of sp³-hybridized carbons (Fsp3) is 0.500. The van der Waals surface area contributed by atoms with E-state index in [0.29, 0.717) is 22.9 Å². The maximum atomic E-state index is 13.0. The van der Waals surface area contributed by atoms with Gasteiger partial charge in [-0.25, -0.2) is 13.9 Å². The molecule has 2 aliphatic rings. The van der Waals surface area contributed by atoms with Crippen molar-refractivity contribution in [2.75, 3.05) is 13.1 Å². The summed E-state index contributed by atoms with van der Waals surface area (Å²) in [7, 11) is -2.87. The van der Waals surface area contributed by atoms with Crippen LogP contribution < -0.4 is 4.52 Å². The fourth-order valence-electron chi connectivity index (χ4n) is 2.04. The average molecular weight is 287 g/mol. The maximum Gasteiger partial charge on any atom is 0.396 e. The van der Waals surface area contributed by atoms with Crippen molar-refractivity contribution < 1.29 is 9.09 Å². The Morgan fingerprint density at radius 2 is 1.61 bits per heavy atom. The van der Waals surface area contributed by atoms with Crippen molar-refractivity contribution in [1.82, 2.24) is 9.34 Å². The van der Waals surface area contributed by atoms with Crippen molar-refractivity contribution in [2.24, 2.45) is 0 Å². The highest BCUT2D eigenvalue weighted by molar-refractivity contribution is 7.55. The van der Waals surface area contributed by atoms with E-state index >= 15 is 0 Å². The summed E-state index contributed by atoms with van der Waals surface area (Å²) < 4.78 is 22.7. The van der Waals surface area contributed by atoms with Crippen LogP contribution >= 0.6 is 19.3 Å². The third-order valence-electron chi connectivity index (χ3n) is 3.34. The molecule has 0 aromatic heterocycles. The molecule has 2 heterocycles. The molecule has 0 bridgehead atoms. The fourth-order valence-corrected chi connectivity index (χ4v) is 4.95. The molecule has 4 atom stereocenters. The molecular weight excluding hydrogens is 271 g/mol. The lowest BCUT2D eigenvalue weighted by atomic mass is 10.3. The van der Waals surface area contributed by atoms with Crippen LogP contribution in [-0.2, 0) is 4.57 Å². The van der Waals surface area contributed by atoms with Gasteiger partial charge in [-0.05, 0) is 38.1 Å². The minimum Gasteiger partial charge on any atom is -0.422 e. The molecule has 0 saturated carbocycles. The summed E-state index contributed by atoms with van der Waals surface area (Å²) in [5, 5.41) is 0.650. The molecule has 1 aromatic carbocycles. The van der Waals surface area contributed by atoms with Crippen molar-refractivity contribution in [3.63, 3.8) is 0 Å². The van der Waals surface area contributed by atoms with E-state index in [4.69, 9.17) is 16.1 Å². The normalized spacial score (nSPS) is 36.8. The predicted octanol–water partition coefficient (Wildman–Crippen LogP) is 3.24. The molecule has 0 radical (unpaired) electrons. The summed E-state index contributed by atoms with van der Waals surface area (Å²) in [5.41, 5.74) is 0. The Morgan fingerprint density at radius 1 is 1.17 bits per heavy atom. The Kier molecular flexibility index (Phi) is 2.94. The highest BCUT2D eigenvalue weighted by atomic mass is 35.5. The van der Waals surface area contributed by atoms with Crippen LogP contribution in [-0.4, -0.2) is 34.5 Å². The number of halogens is 1. The van der Waals surface area contributed by atoms with Crippen molar-refractivity contribution in [2.45, 2.75) is 25.9 Å². The van der Waals surface area contributed by atoms with Gasteiger partial charge < -0.3 is 4.52 Å². The van der Waals surface area contributed by atoms with Gasteiger partial charge >= 0.3 is 7.67 Å². The standard InChI is InChI=1S/C12H16ClN2O2P/c1-9-7-14(9)18(16,15-8-10(15)2)17-12-5-3-11(13)4-6-12/h3-6,9-10H,7-8H2,1-2H3/t9-,10-,14?,15?,18?/m0/s1. The lowest BCUT2D eigenvalue weighted by Gasteiger charge is -2.21. The molecule has 2 saturated heterocycles. The first kappa shape index (κ1) is 12.5. The van der Waals surface area contributed by atoms with Crippen LogP contribution in [0.15, 0.2) is 24.3 Å². The molecule has 18 heavy (non-hydrogen) atoms. The molecule has 0 amide bonds. The minimum atomic E-state index is -2.87. The van der Waals surface area contributed by atoms with E-state index in [2.05, 4.69) is 13.8 Å². The quantitative estimate of drug-likeness (QED) is 0.628. The summed E-state index contributed by atoms with van der Waals surface area (Å²) in [4.78, 5) is 0. The summed E-state index contributed by atoms with van der Waals surface area (Å²) in [5.74, 6) is 0.612. The van der Waals surface area contributed by atoms with Gasteiger partial charge in [-0.15, -0.1) is 0 Å². The molecule has 3 rings (SSSR count). The topological polar surface area (TPSA) is 32.3 Å². The van der Waals surface area contributed by atoms with Gasteiger partial charge in [0.05, 0.1) is 0 Å². The molecule has 0 spiro atoms. The Morgan fingerprint density at radius 3 is 2.00 bits per heavy atom. The highest BCUT2D eigenvalue weighted by Gasteiger charge is 2.57. The van der Waals surface area contributed by atoms with Gasteiger partial charge in [0, 0.05) is 30.2 Å². The van der Waals surface area contributed by atoms with E-state index in [1.807, 2.05) is 9.34 Å². The molecule has 2 fully saturated rings. The van der Waals surface area contributed by atoms with Crippen molar-refractivity contribution in [3.8, 4) is 5.75 Å². The third kappa shape index (κ3) is 2.19. The zero-order chi connectivity index (χ0) is 12.9.